The first-order valence-electron chi connectivity index (χ1n) is 19.0. The summed E-state index contributed by atoms with van der Waals surface area (Å²) in [5.41, 5.74) is 0. The third-order valence-electron chi connectivity index (χ3n) is 8.55. The van der Waals surface area contributed by atoms with E-state index in [1.165, 1.54) is 180 Å². The van der Waals surface area contributed by atoms with Crippen LogP contribution >= 0.6 is 0 Å². The number of halogens is 1. The SMILES string of the molecule is CCCCCCCCCCCCCCCCOC[C@H](C[N+](C)(C)C)OCCCCCCCCCCCCCCCC.[Cl-]. The van der Waals surface area contributed by atoms with E-state index in [9.17, 15) is 0 Å². The van der Waals surface area contributed by atoms with Crippen molar-refractivity contribution in [3.05, 3.63) is 0 Å². The standard InChI is InChI=1S/C38H80NO2.ClH/c1-6-8-10-12-14-16-18-20-22-24-26-28-30-32-34-40-37-38(36-39(3,4)5)41-35-33-31-29-27-25-23-21-19-17-15-13-11-9-7-2;/h38H,6-37H2,1-5H3;1H/q+1;/p-1/t38-;/m0./s1. The second-order valence-electron chi connectivity index (χ2n) is 14.2. The first-order valence-corrected chi connectivity index (χ1v) is 19.0. The topological polar surface area (TPSA) is 18.5 Å². The van der Waals surface area contributed by atoms with Crippen LogP contribution in [0.3, 0.4) is 0 Å². The molecule has 0 N–H and O–H groups in total. The lowest BCUT2D eigenvalue weighted by Crippen LogP contribution is -3.00. The van der Waals surface area contributed by atoms with E-state index >= 15 is 0 Å². The quantitative estimate of drug-likeness (QED) is 0.0521. The van der Waals surface area contributed by atoms with E-state index in [2.05, 4.69) is 35.0 Å². The minimum atomic E-state index is 0. The predicted molar refractivity (Wildman–Crippen MR) is 184 cm³/mol. The number of quaternary nitrogens is 1. The van der Waals surface area contributed by atoms with Crippen LogP contribution in [-0.2, 0) is 9.47 Å². The largest absolute Gasteiger partial charge is 1.00 e. The molecule has 0 spiro atoms. The van der Waals surface area contributed by atoms with Crippen molar-refractivity contribution in [2.75, 3.05) is 47.5 Å². The van der Waals surface area contributed by atoms with Crippen LogP contribution < -0.4 is 12.4 Å². The van der Waals surface area contributed by atoms with Crippen LogP contribution in [-0.4, -0.2) is 58.1 Å². The van der Waals surface area contributed by atoms with Gasteiger partial charge in [-0.2, -0.15) is 0 Å². The first-order chi connectivity index (χ1) is 20.0. The molecule has 0 aliphatic carbocycles. The van der Waals surface area contributed by atoms with Crippen molar-refractivity contribution < 1.29 is 26.4 Å². The monoisotopic (exact) mass is 618 g/mol. The highest BCUT2D eigenvalue weighted by atomic mass is 35.5. The summed E-state index contributed by atoms with van der Waals surface area (Å²) in [5.74, 6) is 0. The van der Waals surface area contributed by atoms with Crippen LogP contribution in [0.15, 0.2) is 0 Å². The van der Waals surface area contributed by atoms with Gasteiger partial charge in [-0.1, -0.05) is 181 Å². The number of rotatable bonds is 35. The fourth-order valence-corrected chi connectivity index (χ4v) is 5.92. The first kappa shape index (κ1) is 44.3. The van der Waals surface area contributed by atoms with E-state index in [-0.39, 0.29) is 18.5 Å². The lowest BCUT2D eigenvalue weighted by Gasteiger charge is -2.29. The Labute approximate surface area is 273 Å². The summed E-state index contributed by atoms with van der Waals surface area (Å²) in [7, 11) is 6.78. The van der Waals surface area contributed by atoms with Crippen LogP contribution in [0, 0.1) is 0 Å². The fraction of sp³-hybridized carbons (Fsp3) is 1.00. The zero-order valence-corrected chi connectivity index (χ0v) is 30.6. The summed E-state index contributed by atoms with van der Waals surface area (Å²) in [5, 5.41) is 0. The van der Waals surface area contributed by atoms with Crippen molar-refractivity contribution in [1.82, 2.24) is 0 Å². The summed E-state index contributed by atoms with van der Waals surface area (Å²) in [6.45, 7) is 8.17. The Kier molecular flexibility index (Phi) is 37.6. The second-order valence-corrected chi connectivity index (χ2v) is 14.2. The third kappa shape index (κ3) is 38.2. The predicted octanol–water partition coefficient (Wildman–Crippen LogP) is 9.06. The Balaban J connectivity index is 0. The molecule has 0 aromatic heterocycles. The fourth-order valence-electron chi connectivity index (χ4n) is 5.92. The van der Waals surface area contributed by atoms with Crippen LogP contribution in [0.5, 0.6) is 0 Å². The Morgan fingerprint density at radius 1 is 0.405 bits per heavy atom. The van der Waals surface area contributed by atoms with Crippen LogP contribution in [0.2, 0.25) is 0 Å². The van der Waals surface area contributed by atoms with Gasteiger partial charge in [0.2, 0.25) is 0 Å². The van der Waals surface area contributed by atoms with E-state index in [1.807, 2.05) is 0 Å². The van der Waals surface area contributed by atoms with Gasteiger partial charge in [0.25, 0.3) is 0 Å². The Hall–Kier alpha value is 0.170. The van der Waals surface area contributed by atoms with E-state index < -0.39 is 0 Å². The molecule has 256 valence electrons. The van der Waals surface area contributed by atoms with Crippen molar-refractivity contribution in [2.24, 2.45) is 0 Å². The maximum absolute atomic E-state index is 6.31. The number of hydrogen-bond acceptors (Lipinski definition) is 2. The molecule has 0 heterocycles. The van der Waals surface area contributed by atoms with Crippen LogP contribution in [0.4, 0.5) is 0 Å². The third-order valence-corrected chi connectivity index (χ3v) is 8.55. The highest BCUT2D eigenvalue weighted by Crippen LogP contribution is 2.15. The molecule has 0 aromatic rings. The minimum absolute atomic E-state index is 0. The molecular formula is C38H80ClNO2. The van der Waals surface area contributed by atoms with Gasteiger partial charge >= 0.3 is 0 Å². The van der Waals surface area contributed by atoms with Crippen molar-refractivity contribution in [3.63, 3.8) is 0 Å². The Bertz CT molecular complexity index is 482. The second kappa shape index (κ2) is 35.6. The van der Waals surface area contributed by atoms with Crippen molar-refractivity contribution in [1.29, 1.82) is 0 Å². The summed E-state index contributed by atoms with van der Waals surface area (Å²) in [6, 6.07) is 0. The van der Waals surface area contributed by atoms with Gasteiger partial charge in [0.1, 0.15) is 12.6 Å². The molecule has 3 nitrogen and oxygen atoms in total. The van der Waals surface area contributed by atoms with Gasteiger partial charge in [0, 0.05) is 13.2 Å². The van der Waals surface area contributed by atoms with Crippen LogP contribution in [0.1, 0.15) is 194 Å². The molecule has 0 radical (unpaired) electrons. The Morgan fingerprint density at radius 3 is 1.00 bits per heavy atom. The van der Waals surface area contributed by atoms with Gasteiger partial charge in [-0.05, 0) is 12.8 Å². The zero-order valence-electron chi connectivity index (χ0n) is 29.8. The molecule has 0 unspecified atom stereocenters. The van der Waals surface area contributed by atoms with E-state index in [4.69, 9.17) is 9.47 Å². The summed E-state index contributed by atoms with van der Waals surface area (Å²) >= 11 is 0. The van der Waals surface area contributed by atoms with Gasteiger partial charge in [-0.3, -0.25) is 0 Å². The molecule has 0 fully saturated rings. The lowest BCUT2D eigenvalue weighted by atomic mass is 10.0. The van der Waals surface area contributed by atoms with Crippen LogP contribution in [0.25, 0.3) is 0 Å². The number of likely N-dealkylation sites (N-methyl/N-ethyl adjacent to an activating group) is 1. The zero-order chi connectivity index (χ0) is 30.1. The summed E-state index contributed by atoms with van der Waals surface area (Å²) in [6.07, 6.45) is 39.5. The minimum Gasteiger partial charge on any atom is -1.00 e. The molecule has 0 saturated heterocycles. The highest BCUT2D eigenvalue weighted by Gasteiger charge is 2.19. The van der Waals surface area contributed by atoms with Gasteiger partial charge in [0.15, 0.2) is 0 Å². The van der Waals surface area contributed by atoms with Crippen molar-refractivity contribution in [2.45, 2.75) is 200 Å². The number of unbranched alkanes of at least 4 members (excludes halogenated alkanes) is 26. The molecule has 0 aliphatic rings. The number of ether oxygens (including phenoxy) is 2. The van der Waals surface area contributed by atoms with Gasteiger partial charge in [-0.25, -0.2) is 0 Å². The molecule has 0 aliphatic heterocycles. The van der Waals surface area contributed by atoms with Gasteiger partial charge < -0.3 is 26.4 Å². The van der Waals surface area contributed by atoms with E-state index in [1.54, 1.807) is 0 Å². The van der Waals surface area contributed by atoms with Gasteiger partial charge in [0.05, 0.1) is 27.7 Å². The molecule has 0 rings (SSSR count). The van der Waals surface area contributed by atoms with Gasteiger partial charge in [-0.15, -0.1) is 0 Å². The molecule has 0 amide bonds. The molecule has 1 atom stereocenters. The maximum atomic E-state index is 6.31. The Morgan fingerprint density at radius 2 is 0.690 bits per heavy atom. The molecule has 0 aromatic carbocycles. The van der Waals surface area contributed by atoms with E-state index in [0.29, 0.717) is 0 Å². The summed E-state index contributed by atoms with van der Waals surface area (Å²) < 4.78 is 13.3. The van der Waals surface area contributed by atoms with Crippen molar-refractivity contribution in [3.8, 4) is 0 Å². The average molecular weight is 619 g/mol. The molecular weight excluding hydrogens is 538 g/mol. The molecule has 0 bridgehead atoms. The normalized spacial score (nSPS) is 12.5. The van der Waals surface area contributed by atoms with E-state index in [0.717, 1.165) is 30.8 Å². The number of hydrogen-bond donors (Lipinski definition) is 0. The lowest BCUT2D eigenvalue weighted by molar-refractivity contribution is -0.873. The summed E-state index contributed by atoms with van der Waals surface area (Å²) in [4.78, 5) is 0. The smallest absolute Gasteiger partial charge is 0.130 e. The number of nitrogens with zero attached hydrogens (tertiary/aromatic N) is 1. The molecule has 42 heavy (non-hydrogen) atoms. The maximum Gasteiger partial charge on any atom is 0.130 e. The molecule has 4 heteroatoms. The van der Waals surface area contributed by atoms with Crippen molar-refractivity contribution >= 4 is 0 Å². The highest BCUT2D eigenvalue weighted by molar-refractivity contribution is 4.57. The average Bonchev–Trinajstić information content (AvgIpc) is 2.94. The molecule has 0 saturated carbocycles.